The van der Waals surface area contributed by atoms with Crippen LogP contribution in [0.25, 0.3) is 0 Å². The van der Waals surface area contributed by atoms with E-state index >= 15 is 0 Å². The van der Waals surface area contributed by atoms with E-state index in [1.165, 1.54) is 18.4 Å². The van der Waals surface area contributed by atoms with Crippen LogP contribution in [0.4, 0.5) is 0 Å². The zero-order valence-corrected chi connectivity index (χ0v) is 10.6. The first-order valence-corrected chi connectivity index (χ1v) is 6.19. The number of hydrogen-bond donors (Lipinski definition) is 1. The third-order valence-corrected chi connectivity index (χ3v) is 3.00. The minimum absolute atomic E-state index is 0.153. The molecule has 2 rings (SSSR count). The Balaban J connectivity index is 1.88. The van der Waals surface area contributed by atoms with Crippen molar-refractivity contribution >= 4 is 11.6 Å². The lowest BCUT2D eigenvalue weighted by Gasteiger charge is -2.16. The standard InChI is InChI=1S/C13H18ClNO/c1-9-3-6-12(14)13(7-9)16-10(2)8-15-11-4-5-11/h3,6-7,10-11,15H,4-5,8H2,1-2H3. The average Bonchev–Trinajstić information content (AvgIpc) is 3.04. The fraction of sp³-hybridized carbons (Fsp3) is 0.538. The van der Waals surface area contributed by atoms with Crippen molar-refractivity contribution in [1.29, 1.82) is 0 Å². The molecule has 1 atom stereocenters. The lowest BCUT2D eigenvalue weighted by atomic mass is 10.2. The molecule has 1 unspecified atom stereocenters. The highest BCUT2D eigenvalue weighted by atomic mass is 35.5. The molecule has 1 aliphatic carbocycles. The van der Waals surface area contributed by atoms with E-state index in [1.807, 2.05) is 25.1 Å². The second-order valence-electron chi connectivity index (χ2n) is 4.54. The molecule has 2 nitrogen and oxygen atoms in total. The summed E-state index contributed by atoms with van der Waals surface area (Å²) in [6.07, 6.45) is 2.76. The van der Waals surface area contributed by atoms with Gasteiger partial charge in [0.05, 0.1) is 5.02 Å². The van der Waals surface area contributed by atoms with E-state index in [1.54, 1.807) is 0 Å². The molecule has 1 aromatic rings. The molecular weight excluding hydrogens is 222 g/mol. The van der Waals surface area contributed by atoms with Gasteiger partial charge in [0.2, 0.25) is 0 Å². The van der Waals surface area contributed by atoms with Crippen molar-refractivity contribution < 1.29 is 4.74 Å². The Bertz CT molecular complexity index is 363. The fourth-order valence-electron chi connectivity index (χ4n) is 1.58. The molecule has 0 radical (unpaired) electrons. The molecule has 0 aromatic heterocycles. The topological polar surface area (TPSA) is 21.3 Å². The van der Waals surface area contributed by atoms with Gasteiger partial charge in [-0.1, -0.05) is 17.7 Å². The second kappa shape index (κ2) is 5.07. The van der Waals surface area contributed by atoms with E-state index in [4.69, 9.17) is 16.3 Å². The maximum Gasteiger partial charge on any atom is 0.138 e. The Morgan fingerprint density at radius 3 is 2.94 bits per heavy atom. The summed E-state index contributed by atoms with van der Waals surface area (Å²) in [7, 11) is 0. The number of aryl methyl sites for hydroxylation is 1. The van der Waals surface area contributed by atoms with Gasteiger partial charge in [-0.25, -0.2) is 0 Å². The van der Waals surface area contributed by atoms with Crippen LogP contribution < -0.4 is 10.1 Å². The van der Waals surface area contributed by atoms with Crippen molar-refractivity contribution in [2.75, 3.05) is 6.54 Å². The molecule has 1 aliphatic rings. The van der Waals surface area contributed by atoms with Gasteiger partial charge in [0.15, 0.2) is 0 Å². The van der Waals surface area contributed by atoms with E-state index in [0.717, 1.165) is 18.3 Å². The van der Waals surface area contributed by atoms with E-state index in [-0.39, 0.29) is 6.10 Å². The van der Waals surface area contributed by atoms with E-state index in [2.05, 4.69) is 12.2 Å². The average molecular weight is 240 g/mol. The van der Waals surface area contributed by atoms with Gasteiger partial charge in [0.1, 0.15) is 11.9 Å². The SMILES string of the molecule is Cc1ccc(Cl)c(OC(C)CNC2CC2)c1. The van der Waals surface area contributed by atoms with Gasteiger partial charge in [-0.2, -0.15) is 0 Å². The first kappa shape index (κ1) is 11.7. The van der Waals surface area contributed by atoms with Crippen LogP contribution in [-0.4, -0.2) is 18.7 Å². The lowest BCUT2D eigenvalue weighted by molar-refractivity contribution is 0.216. The molecule has 0 aliphatic heterocycles. The Labute approximate surface area is 102 Å². The molecule has 0 amide bonds. The maximum atomic E-state index is 6.07. The summed E-state index contributed by atoms with van der Waals surface area (Å²) < 4.78 is 5.81. The predicted octanol–water partition coefficient (Wildman–Crippen LogP) is 3.17. The molecule has 88 valence electrons. The number of nitrogens with one attached hydrogen (secondary N) is 1. The smallest absolute Gasteiger partial charge is 0.138 e. The molecule has 1 saturated carbocycles. The van der Waals surface area contributed by atoms with Gasteiger partial charge in [-0.15, -0.1) is 0 Å². The van der Waals surface area contributed by atoms with Crippen LogP contribution >= 0.6 is 11.6 Å². The molecule has 0 spiro atoms. The van der Waals surface area contributed by atoms with Crippen LogP contribution in [0.15, 0.2) is 18.2 Å². The van der Waals surface area contributed by atoms with Crippen molar-refractivity contribution in [3.05, 3.63) is 28.8 Å². The third-order valence-electron chi connectivity index (χ3n) is 2.69. The van der Waals surface area contributed by atoms with Crippen LogP contribution in [-0.2, 0) is 0 Å². The monoisotopic (exact) mass is 239 g/mol. The molecule has 0 bridgehead atoms. The Morgan fingerprint density at radius 1 is 1.50 bits per heavy atom. The molecule has 1 fully saturated rings. The number of rotatable bonds is 5. The maximum absolute atomic E-state index is 6.07. The number of benzene rings is 1. The summed E-state index contributed by atoms with van der Waals surface area (Å²) >= 11 is 6.07. The predicted molar refractivity (Wildman–Crippen MR) is 67.3 cm³/mol. The van der Waals surface area contributed by atoms with E-state index < -0.39 is 0 Å². The van der Waals surface area contributed by atoms with Crippen molar-refractivity contribution in [2.45, 2.75) is 38.8 Å². The van der Waals surface area contributed by atoms with Crippen LogP contribution in [0.2, 0.25) is 5.02 Å². The molecule has 0 heterocycles. The summed E-state index contributed by atoms with van der Waals surface area (Å²) in [4.78, 5) is 0. The van der Waals surface area contributed by atoms with Gasteiger partial charge < -0.3 is 10.1 Å². The summed E-state index contributed by atoms with van der Waals surface area (Å²) in [6.45, 7) is 4.99. The van der Waals surface area contributed by atoms with Gasteiger partial charge in [0.25, 0.3) is 0 Å². The lowest BCUT2D eigenvalue weighted by Crippen LogP contribution is -2.30. The highest BCUT2D eigenvalue weighted by Crippen LogP contribution is 2.26. The van der Waals surface area contributed by atoms with Gasteiger partial charge in [-0.05, 0) is 44.4 Å². The van der Waals surface area contributed by atoms with Crippen molar-refractivity contribution in [3.63, 3.8) is 0 Å². The Kier molecular flexibility index (Phi) is 3.72. The molecular formula is C13H18ClNO. The van der Waals surface area contributed by atoms with Crippen molar-refractivity contribution in [1.82, 2.24) is 5.32 Å². The number of ether oxygens (including phenoxy) is 1. The normalized spacial score (nSPS) is 17.2. The summed E-state index contributed by atoms with van der Waals surface area (Å²) in [5, 5.41) is 4.13. The van der Waals surface area contributed by atoms with Gasteiger partial charge in [0, 0.05) is 12.6 Å². The summed E-state index contributed by atoms with van der Waals surface area (Å²) in [5.41, 5.74) is 1.17. The molecule has 1 N–H and O–H groups in total. The minimum atomic E-state index is 0.153. The first-order chi connectivity index (χ1) is 7.65. The molecule has 1 aromatic carbocycles. The highest BCUT2D eigenvalue weighted by Gasteiger charge is 2.21. The van der Waals surface area contributed by atoms with Gasteiger partial charge in [-0.3, -0.25) is 0 Å². The molecule has 3 heteroatoms. The number of halogens is 1. The Hall–Kier alpha value is -0.730. The van der Waals surface area contributed by atoms with E-state index in [9.17, 15) is 0 Å². The zero-order valence-electron chi connectivity index (χ0n) is 9.79. The van der Waals surface area contributed by atoms with Crippen LogP contribution in [0.3, 0.4) is 0 Å². The Morgan fingerprint density at radius 2 is 2.25 bits per heavy atom. The van der Waals surface area contributed by atoms with Crippen molar-refractivity contribution in [3.8, 4) is 5.75 Å². The highest BCUT2D eigenvalue weighted by molar-refractivity contribution is 6.32. The zero-order chi connectivity index (χ0) is 11.5. The number of hydrogen-bond acceptors (Lipinski definition) is 2. The quantitative estimate of drug-likeness (QED) is 0.852. The third kappa shape index (κ3) is 3.39. The van der Waals surface area contributed by atoms with Gasteiger partial charge >= 0.3 is 0 Å². The van der Waals surface area contributed by atoms with Crippen molar-refractivity contribution in [2.24, 2.45) is 0 Å². The minimum Gasteiger partial charge on any atom is -0.488 e. The summed E-state index contributed by atoms with van der Waals surface area (Å²) in [5.74, 6) is 0.784. The molecule has 0 saturated heterocycles. The second-order valence-corrected chi connectivity index (χ2v) is 4.95. The van der Waals surface area contributed by atoms with Crippen LogP contribution in [0.1, 0.15) is 25.3 Å². The first-order valence-electron chi connectivity index (χ1n) is 5.81. The largest absolute Gasteiger partial charge is 0.488 e. The van der Waals surface area contributed by atoms with Crippen LogP contribution in [0.5, 0.6) is 5.75 Å². The summed E-state index contributed by atoms with van der Waals surface area (Å²) in [6, 6.07) is 6.57. The van der Waals surface area contributed by atoms with Crippen LogP contribution in [0, 0.1) is 6.92 Å². The van der Waals surface area contributed by atoms with E-state index in [0.29, 0.717) is 5.02 Å². The fourth-order valence-corrected chi connectivity index (χ4v) is 1.74. The molecule has 16 heavy (non-hydrogen) atoms.